The second-order valence-corrected chi connectivity index (χ2v) is 37.5. The number of H-pyrrole nitrogens is 5. The summed E-state index contributed by atoms with van der Waals surface area (Å²) >= 11 is 29.1. The first-order chi connectivity index (χ1) is 64.8. The Labute approximate surface area is 815 Å². The molecule has 21 nitrogen and oxygen atoms in total. The van der Waals surface area contributed by atoms with Gasteiger partial charge in [-0.15, -0.1) is 0 Å². The smallest absolute Gasteiger partial charge is 0.410 e. The number of halogens is 8. The summed E-state index contributed by atoms with van der Waals surface area (Å²) in [7, 11) is 1.64. The number of carbonyl (C=O) groups is 5. The number of carbonyl (C=O) groups excluding carboxylic acids is 5. The fourth-order valence-corrected chi connectivity index (χ4v) is 20.6. The van der Waals surface area contributed by atoms with Gasteiger partial charge < -0.3 is 53.3 Å². The highest BCUT2D eigenvalue weighted by Gasteiger charge is 2.42. The number of benzene rings is 10. The second-order valence-electron chi connectivity index (χ2n) is 33.5. The Bertz CT molecular complexity index is 6690. The van der Waals surface area contributed by atoms with Crippen LogP contribution in [-0.4, -0.2) is 153 Å². The maximum Gasteiger partial charge on any atom is 0.410 e. The molecule has 29 heteroatoms. The van der Waals surface area contributed by atoms with E-state index in [1.54, 1.807) is 29.9 Å². The summed E-state index contributed by atoms with van der Waals surface area (Å²) in [5, 5.41) is 7.63. The van der Waals surface area contributed by atoms with Gasteiger partial charge in [-0.25, -0.2) is 32.8 Å². The molecule has 5 aromatic heterocycles. The molecule has 5 amide bonds. The summed E-state index contributed by atoms with van der Waals surface area (Å²) in [6, 6.07) is 64.8. The Morgan fingerprint density at radius 2 is 0.642 bits per heavy atom. The van der Waals surface area contributed by atoms with Crippen molar-refractivity contribution in [3.05, 3.63) is 342 Å². The zero-order valence-electron chi connectivity index (χ0n) is 75.5. The molecule has 0 fully saturated rings. The number of hydrogen-bond acceptors (Lipinski definition) is 11. The molecule has 5 unspecified atom stereocenters. The molecule has 694 valence electrons. The van der Waals surface area contributed by atoms with Crippen LogP contribution in [0.2, 0.25) is 15.1 Å². The van der Waals surface area contributed by atoms with E-state index in [0.29, 0.717) is 92.3 Å². The van der Waals surface area contributed by atoms with Crippen LogP contribution >= 0.6 is 82.6 Å². The topological polar surface area (TPSA) is 236 Å². The molecule has 5 aliphatic heterocycles. The predicted octanol–water partition coefficient (Wildman–Crippen LogP) is 27.3. The van der Waals surface area contributed by atoms with Gasteiger partial charge in [0.1, 0.15) is 36.0 Å². The molecule has 0 bridgehead atoms. The molecule has 5 aliphatic rings. The molecule has 0 spiro atoms. The van der Waals surface area contributed by atoms with Gasteiger partial charge in [-0.3, -0.25) is 24.5 Å². The molecule has 20 rings (SSSR count). The molecule has 0 aliphatic carbocycles. The van der Waals surface area contributed by atoms with Crippen LogP contribution in [0.5, 0.6) is 5.75 Å². The lowest BCUT2D eigenvalue weighted by Crippen LogP contribution is -2.41. The third kappa shape index (κ3) is 19.9. The summed E-state index contributed by atoms with van der Waals surface area (Å²) in [4.78, 5) is 89.2. The number of hydrogen-bond donors (Lipinski definition) is 5. The van der Waals surface area contributed by atoms with E-state index in [1.165, 1.54) is 66.6 Å². The van der Waals surface area contributed by atoms with Crippen LogP contribution in [0.3, 0.4) is 0 Å². The van der Waals surface area contributed by atoms with Crippen LogP contribution in [0.4, 0.5) is 32.8 Å². The number of amides is 5. The van der Waals surface area contributed by atoms with Gasteiger partial charge in [-0.2, -0.15) is 0 Å². The first-order valence-electron chi connectivity index (χ1n) is 45.0. The molecule has 0 saturated carbocycles. The molecular formula is C105H102Br3Cl3F2N10O11. The molecule has 10 heterocycles. The Kier molecular flexibility index (Phi) is 29.9. The average Bonchev–Trinajstić information content (AvgIpc) is 1.63. The van der Waals surface area contributed by atoms with Crippen molar-refractivity contribution in [1.29, 1.82) is 0 Å². The number of aromatic nitrogens is 5. The number of fused-ring (bicyclic) bond motifs is 15. The van der Waals surface area contributed by atoms with Crippen LogP contribution < -0.4 is 4.74 Å². The molecular weight excluding hydrogens is 1960 g/mol. The van der Waals surface area contributed by atoms with Crippen molar-refractivity contribution < 1.29 is 61.2 Å². The monoisotopic (exact) mass is 2060 g/mol. The van der Waals surface area contributed by atoms with Gasteiger partial charge in [0.05, 0.1) is 40.1 Å². The van der Waals surface area contributed by atoms with E-state index < -0.39 is 23.8 Å². The molecule has 15 aromatic rings. The number of methoxy groups -OCH3 is 1. The predicted molar refractivity (Wildman–Crippen MR) is 534 cm³/mol. The standard InChI is InChI=1S/C23H25BrN2O2.C21H21BrN2O2.C21H21ClN2O3.C20H18BrClN2O2.C20H17ClF2N2O2/c1-4-28-23(27)26-12-11-18-19-13-17(24)9-10-20(19)25-21(18)22(26)16-7-5-15(6-8-16)14(2)3;1-3-26-21(25)24-11-10-16-17-12-15(22)8-9-18(17)23-19(16)20(24)14-6-4-13(2)5-7-14;1-3-27-21(25)24-11-10-16-17-12-14(22)6-9-18(17)23-19(16)20(24)13-4-7-15(26-2)8-5-13;1-2-26-20(25)24-10-9-15-16-11-13(21)5-8-17(16)23-18(15)19(24)12-3-6-14(22)7-4-12;1-2-27-20(26)25-9-8-12-14-10-11(21)6-7-16(14)24-18(12)19(25)13-4-3-5-15(22)17(13)23/h5-10,13-14,22,25H,4,11-12H2,1-3H3;4-9,12,20,23H,3,10-11H2,1-2H3;4-9,12,20,23H,3,10-11H2,1-2H3;3-8,11,19,23H,2,9-10H2,1H3;3-7,10,19,24H,2,8-9H2,1H3. The minimum Gasteiger partial charge on any atom is -0.497 e. The summed E-state index contributed by atoms with van der Waals surface area (Å²) in [6.07, 6.45) is 2.04. The van der Waals surface area contributed by atoms with Gasteiger partial charge in [-0.1, -0.05) is 187 Å². The first kappa shape index (κ1) is 95.4. The van der Waals surface area contributed by atoms with Crippen molar-refractivity contribution in [2.24, 2.45) is 0 Å². The molecule has 134 heavy (non-hydrogen) atoms. The average molecular weight is 2060 g/mol. The fourth-order valence-electron chi connectivity index (χ4n) is 19.0. The van der Waals surface area contributed by atoms with E-state index in [0.717, 1.165) is 140 Å². The number of nitrogens with one attached hydrogen (secondary N) is 5. The van der Waals surface area contributed by atoms with E-state index in [9.17, 15) is 32.8 Å². The van der Waals surface area contributed by atoms with E-state index in [2.05, 4.69) is 178 Å². The van der Waals surface area contributed by atoms with Crippen molar-refractivity contribution in [1.82, 2.24) is 49.4 Å². The van der Waals surface area contributed by atoms with E-state index in [4.69, 9.17) is 63.2 Å². The third-order valence-electron chi connectivity index (χ3n) is 25.2. The van der Waals surface area contributed by atoms with Crippen LogP contribution in [0.25, 0.3) is 54.5 Å². The minimum absolute atomic E-state index is 0.0849. The molecule has 0 saturated heterocycles. The van der Waals surface area contributed by atoms with Gasteiger partial charge in [0.15, 0.2) is 11.6 Å². The van der Waals surface area contributed by atoms with E-state index in [1.807, 2.05) is 135 Å². The van der Waals surface area contributed by atoms with Crippen LogP contribution in [0, 0.1) is 18.6 Å². The second kappa shape index (κ2) is 42.0. The van der Waals surface area contributed by atoms with E-state index >= 15 is 0 Å². The molecule has 5 N–H and O–H groups in total. The Morgan fingerprint density at radius 1 is 0.366 bits per heavy atom. The summed E-state index contributed by atoms with van der Waals surface area (Å²) in [5.41, 5.74) is 22.8. The lowest BCUT2D eigenvalue weighted by molar-refractivity contribution is 0.0918. The zero-order valence-corrected chi connectivity index (χ0v) is 82.5. The zero-order chi connectivity index (χ0) is 94.4. The maximum absolute atomic E-state index is 14.6. The summed E-state index contributed by atoms with van der Waals surface area (Å²) in [5.74, 6) is -0.674. The van der Waals surface area contributed by atoms with Gasteiger partial charge >= 0.3 is 30.5 Å². The minimum atomic E-state index is -0.971. The number of rotatable bonds is 12. The fraction of sp³-hybridized carbons (Fsp3) is 0.286. The Hall–Kier alpha value is -11.8. The number of nitrogens with zero attached hydrogens (tertiary/aromatic N) is 5. The lowest BCUT2D eigenvalue weighted by Gasteiger charge is -2.35. The Balaban J connectivity index is 0.000000122. The lowest BCUT2D eigenvalue weighted by atomic mass is 9.91. The highest BCUT2D eigenvalue weighted by atomic mass is 79.9. The van der Waals surface area contributed by atoms with Crippen molar-refractivity contribution in [3.8, 4) is 5.75 Å². The summed E-state index contributed by atoms with van der Waals surface area (Å²) < 4.78 is 63.4. The largest absolute Gasteiger partial charge is 0.497 e. The highest BCUT2D eigenvalue weighted by molar-refractivity contribution is 9.11. The molecule has 10 aromatic carbocycles. The van der Waals surface area contributed by atoms with Crippen molar-refractivity contribution in [3.63, 3.8) is 0 Å². The van der Waals surface area contributed by atoms with Gasteiger partial charge in [0, 0.05) is 150 Å². The van der Waals surface area contributed by atoms with Gasteiger partial charge in [0.25, 0.3) is 0 Å². The highest BCUT2D eigenvalue weighted by Crippen LogP contribution is 2.47. The molecule has 0 radical (unpaired) electrons. The van der Waals surface area contributed by atoms with Gasteiger partial charge in [0.2, 0.25) is 0 Å². The van der Waals surface area contributed by atoms with Gasteiger partial charge in [-0.05, 0) is 257 Å². The third-order valence-corrected chi connectivity index (χ3v) is 27.4. The first-order valence-corrected chi connectivity index (χ1v) is 48.5. The van der Waals surface area contributed by atoms with Crippen LogP contribution in [0.1, 0.15) is 180 Å². The SMILES string of the molecule is CCOC(=O)N1CCc2c([nH]c3ccc(Br)cc23)C1c1ccc(C(C)C)cc1.CCOC(=O)N1CCc2c([nH]c3ccc(Br)cc23)C1c1ccc(C)cc1.CCOC(=O)N1CCc2c([nH]c3ccc(Br)cc23)C1c1ccc(Cl)cc1.CCOC(=O)N1CCc2c([nH]c3ccc(Cl)cc23)C1c1ccc(OC)cc1.CCOC(=O)N1CCc2c([nH]c3ccc(Cl)cc23)C1c1cccc(F)c1F. The number of aryl methyl sites for hydroxylation is 1. The Morgan fingerprint density at radius 3 is 0.955 bits per heavy atom. The molecule has 5 atom stereocenters. The quantitative estimate of drug-likeness (QED) is 0.0721. The normalized spacial score (nSPS) is 16.5. The van der Waals surface area contributed by atoms with Crippen molar-refractivity contribution in [2.45, 2.75) is 124 Å². The van der Waals surface area contributed by atoms with Crippen molar-refractivity contribution in [2.75, 3.05) is 72.9 Å². The number of ether oxygens (including phenoxy) is 6. The van der Waals surface area contributed by atoms with E-state index in [-0.39, 0.29) is 60.7 Å². The van der Waals surface area contributed by atoms with Crippen molar-refractivity contribution >= 4 is 168 Å². The van der Waals surface area contributed by atoms with Crippen LogP contribution in [-0.2, 0) is 55.8 Å². The summed E-state index contributed by atoms with van der Waals surface area (Å²) in [6.45, 7) is 19.9. The number of aromatic amines is 5. The van der Waals surface area contributed by atoms with Crippen LogP contribution in [0.15, 0.2) is 220 Å². The maximum atomic E-state index is 14.6.